The lowest BCUT2D eigenvalue weighted by molar-refractivity contribution is -0.210. The molecule has 2 aliphatic rings. The number of hydrogen-bond acceptors (Lipinski definition) is 4. The first kappa shape index (κ1) is 27.6. The largest absolute Gasteiger partial charge is 0.465 e. The molecule has 4 heteroatoms. The minimum atomic E-state index is -0.720. The highest BCUT2D eigenvalue weighted by Gasteiger charge is 2.89. The molecule has 3 aromatic rings. The van der Waals surface area contributed by atoms with E-state index in [0.717, 1.165) is 48.4 Å². The third-order valence-corrected chi connectivity index (χ3v) is 9.57. The van der Waals surface area contributed by atoms with E-state index in [2.05, 4.69) is 115 Å². The molecule has 1 aromatic heterocycles. The number of allylic oxidation sites excluding steroid dienone is 1. The molecule has 206 valence electrons. The van der Waals surface area contributed by atoms with Crippen molar-refractivity contribution in [3.8, 4) is 22.4 Å². The highest BCUT2D eigenvalue weighted by atomic mass is 16.7. The van der Waals surface area contributed by atoms with Gasteiger partial charge in [-0.15, -0.1) is 0 Å². The molecule has 5 rings (SSSR count). The summed E-state index contributed by atoms with van der Waals surface area (Å²) in [6.45, 7) is 17.9. The minimum Gasteiger partial charge on any atom is -0.465 e. The number of nitrogens with zero attached hydrogens (tertiary/aromatic N) is 2. The van der Waals surface area contributed by atoms with Gasteiger partial charge < -0.3 is 9.47 Å². The predicted octanol–water partition coefficient (Wildman–Crippen LogP) is 8.90. The van der Waals surface area contributed by atoms with Gasteiger partial charge in [0.25, 0.3) is 0 Å². The van der Waals surface area contributed by atoms with E-state index >= 15 is 0 Å². The van der Waals surface area contributed by atoms with Crippen molar-refractivity contribution in [3.63, 3.8) is 0 Å². The SMILES string of the molecule is CCC1=C(C)OC2(OC1C)C(CC)(c1ccc(-c3ccccc3)cc1-c1cc(CC(C)C)ncn1)[C@]2(C)CC. The Morgan fingerprint density at radius 3 is 2.28 bits per heavy atom. The Morgan fingerprint density at radius 1 is 0.923 bits per heavy atom. The van der Waals surface area contributed by atoms with Crippen molar-refractivity contribution >= 4 is 0 Å². The highest BCUT2D eigenvalue weighted by Crippen LogP contribution is 2.80. The van der Waals surface area contributed by atoms with Crippen LogP contribution in [0.15, 0.2) is 72.3 Å². The second-order valence-corrected chi connectivity index (χ2v) is 12.0. The summed E-state index contributed by atoms with van der Waals surface area (Å²) in [6.07, 6.45) is 5.45. The number of rotatable bonds is 8. The van der Waals surface area contributed by atoms with Gasteiger partial charge in [0.05, 0.1) is 23.0 Å². The highest BCUT2D eigenvalue weighted by molar-refractivity contribution is 5.77. The van der Waals surface area contributed by atoms with E-state index in [1.807, 2.05) is 0 Å². The van der Waals surface area contributed by atoms with Crippen molar-refractivity contribution in [1.82, 2.24) is 9.97 Å². The van der Waals surface area contributed by atoms with Crippen molar-refractivity contribution in [1.29, 1.82) is 0 Å². The number of hydrogen-bond donors (Lipinski definition) is 0. The van der Waals surface area contributed by atoms with Crippen molar-refractivity contribution in [3.05, 3.63) is 83.5 Å². The molecule has 0 bridgehead atoms. The van der Waals surface area contributed by atoms with Crippen molar-refractivity contribution in [2.75, 3.05) is 0 Å². The lowest BCUT2D eigenvalue weighted by Crippen LogP contribution is -2.39. The molecule has 3 unspecified atom stereocenters. The summed E-state index contributed by atoms with van der Waals surface area (Å²) in [5, 5.41) is 0. The zero-order valence-corrected chi connectivity index (χ0v) is 25.0. The van der Waals surface area contributed by atoms with E-state index in [4.69, 9.17) is 14.5 Å². The van der Waals surface area contributed by atoms with Crippen LogP contribution in [-0.2, 0) is 21.3 Å². The summed E-state index contributed by atoms with van der Waals surface area (Å²) in [4.78, 5) is 9.46. The molecule has 0 N–H and O–H groups in total. The minimum absolute atomic E-state index is 0.0202. The summed E-state index contributed by atoms with van der Waals surface area (Å²) >= 11 is 0. The average molecular weight is 525 g/mol. The second kappa shape index (κ2) is 10.2. The maximum atomic E-state index is 7.00. The molecule has 1 saturated carbocycles. The van der Waals surface area contributed by atoms with Crippen LogP contribution in [0.3, 0.4) is 0 Å². The Labute approximate surface area is 234 Å². The molecule has 1 spiro atoms. The zero-order valence-electron chi connectivity index (χ0n) is 25.0. The van der Waals surface area contributed by atoms with Gasteiger partial charge in [-0.2, -0.15) is 0 Å². The average Bonchev–Trinajstić information content (AvgIpc) is 3.37. The monoisotopic (exact) mass is 524 g/mol. The van der Waals surface area contributed by atoms with Crippen molar-refractivity contribution < 1.29 is 9.47 Å². The summed E-state index contributed by atoms with van der Waals surface area (Å²) in [7, 11) is 0. The molecule has 4 atom stereocenters. The van der Waals surface area contributed by atoms with Crippen LogP contribution < -0.4 is 0 Å². The summed E-state index contributed by atoms with van der Waals surface area (Å²) in [5.41, 5.74) is 7.55. The third kappa shape index (κ3) is 4.06. The number of ether oxygens (including phenoxy) is 2. The fourth-order valence-corrected chi connectivity index (χ4v) is 7.50. The van der Waals surface area contributed by atoms with Gasteiger partial charge in [-0.1, -0.05) is 84.0 Å². The molecule has 0 saturated heterocycles. The first-order valence-corrected chi connectivity index (χ1v) is 14.8. The van der Waals surface area contributed by atoms with Crippen LogP contribution in [0.5, 0.6) is 0 Å². The summed E-state index contributed by atoms with van der Waals surface area (Å²) in [5.74, 6) is 0.825. The van der Waals surface area contributed by atoms with Gasteiger partial charge in [-0.3, -0.25) is 0 Å². The Balaban J connectivity index is 1.74. The van der Waals surface area contributed by atoms with Crippen LogP contribution in [-0.4, -0.2) is 21.9 Å². The van der Waals surface area contributed by atoms with E-state index in [1.54, 1.807) is 6.33 Å². The molecule has 39 heavy (non-hydrogen) atoms. The van der Waals surface area contributed by atoms with Gasteiger partial charge in [0.1, 0.15) is 6.33 Å². The quantitative estimate of drug-likeness (QED) is 0.295. The van der Waals surface area contributed by atoms with Gasteiger partial charge in [-0.25, -0.2) is 9.97 Å². The summed E-state index contributed by atoms with van der Waals surface area (Å²) < 4.78 is 13.9. The lowest BCUT2D eigenvalue weighted by Gasteiger charge is -2.37. The molecule has 1 fully saturated rings. The third-order valence-electron chi connectivity index (χ3n) is 9.57. The Kier molecular flexibility index (Phi) is 7.22. The zero-order chi connectivity index (χ0) is 28.0. The molecule has 4 nitrogen and oxygen atoms in total. The Bertz CT molecular complexity index is 1380. The molecule has 2 aromatic carbocycles. The lowest BCUT2D eigenvalue weighted by atomic mass is 9.79. The van der Waals surface area contributed by atoms with Crippen LogP contribution in [0.1, 0.15) is 85.9 Å². The molecule has 1 aliphatic heterocycles. The Hall–Kier alpha value is -2.98. The van der Waals surface area contributed by atoms with Crippen LogP contribution >= 0.6 is 0 Å². The first-order chi connectivity index (χ1) is 18.7. The van der Waals surface area contributed by atoms with Gasteiger partial charge in [-0.05, 0) is 79.8 Å². The van der Waals surface area contributed by atoms with Crippen molar-refractivity contribution in [2.45, 2.75) is 98.4 Å². The topological polar surface area (TPSA) is 44.2 Å². The molecule has 1 aliphatic carbocycles. The maximum Gasteiger partial charge on any atom is 0.227 e. The summed E-state index contributed by atoms with van der Waals surface area (Å²) in [6, 6.07) is 19.7. The van der Waals surface area contributed by atoms with Gasteiger partial charge in [0.2, 0.25) is 5.79 Å². The fourth-order valence-electron chi connectivity index (χ4n) is 7.50. The molecular weight excluding hydrogens is 480 g/mol. The van der Waals surface area contributed by atoms with Crippen LogP contribution in [0.2, 0.25) is 0 Å². The van der Waals surface area contributed by atoms with E-state index in [0.29, 0.717) is 5.92 Å². The van der Waals surface area contributed by atoms with Gasteiger partial charge >= 0.3 is 0 Å². The van der Waals surface area contributed by atoms with E-state index < -0.39 is 5.79 Å². The normalized spacial score (nSPS) is 28.2. The molecule has 2 heterocycles. The van der Waals surface area contributed by atoms with Crippen LogP contribution in [0.4, 0.5) is 0 Å². The van der Waals surface area contributed by atoms with Gasteiger partial charge in [0, 0.05) is 16.7 Å². The van der Waals surface area contributed by atoms with Crippen LogP contribution in [0, 0.1) is 11.3 Å². The van der Waals surface area contributed by atoms with E-state index in [9.17, 15) is 0 Å². The number of aromatic nitrogens is 2. The Morgan fingerprint density at radius 2 is 1.67 bits per heavy atom. The first-order valence-electron chi connectivity index (χ1n) is 14.8. The smallest absolute Gasteiger partial charge is 0.227 e. The molecule has 0 radical (unpaired) electrons. The predicted molar refractivity (Wildman–Crippen MR) is 159 cm³/mol. The van der Waals surface area contributed by atoms with Gasteiger partial charge in [0.15, 0.2) is 0 Å². The van der Waals surface area contributed by atoms with Crippen LogP contribution in [0.25, 0.3) is 22.4 Å². The molecule has 0 amide bonds. The standard InChI is InChI=1S/C35H44N2O2/c1-9-29-24(6)38-35(39-25(29)7)33(8,10-2)34(35,11-3)31-18-17-27(26-15-13-12-14-16-26)20-30(31)32-21-28(19-23(4)5)36-22-37-32/h12-18,20-24H,9-11,19H2,1-8H3/t24?,33-,34?,35?/m0/s1. The molecular formula is C35H44N2O2. The van der Waals surface area contributed by atoms with Crippen molar-refractivity contribution in [2.24, 2.45) is 11.3 Å². The maximum absolute atomic E-state index is 7.00. The number of benzene rings is 2. The second-order valence-electron chi connectivity index (χ2n) is 12.0. The van der Waals surface area contributed by atoms with E-state index in [-0.39, 0.29) is 16.9 Å². The van der Waals surface area contributed by atoms with E-state index in [1.165, 1.54) is 22.3 Å². The fraction of sp³-hybridized carbons (Fsp3) is 0.486.